The monoisotopic (exact) mass is 285 g/mol. The first-order valence-electron chi connectivity index (χ1n) is 6.41. The Morgan fingerprint density at radius 1 is 1.40 bits per heavy atom. The summed E-state index contributed by atoms with van der Waals surface area (Å²) in [5, 5.41) is 11.3. The minimum absolute atomic E-state index is 0.0420. The van der Waals surface area contributed by atoms with Crippen LogP contribution in [0, 0.1) is 0 Å². The molecule has 0 aromatic heterocycles. The molecule has 1 saturated heterocycles. The number of hydrogen-bond acceptors (Lipinski definition) is 4. The highest BCUT2D eigenvalue weighted by atomic mass is 16.4. The molecule has 0 radical (unpaired) electrons. The first-order valence-corrected chi connectivity index (χ1v) is 6.41. The number of amides is 4. The topological polar surface area (TPSA) is 107 Å². The first kappa shape index (κ1) is 15.9. The van der Waals surface area contributed by atoms with Crippen LogP contribution in [0.5, 0.6) is 0 Å². The SMILES string of the molecule is CCCC(CC(=O)O)NC(=O)CN1C(=O)CN(C)C1=O. The molecule has 0 aromatic carbocycles. The van der Waals surface area contributed by atoms with Gasteiger partial charge in [0.15, 0.2) is 0 Å². The van der Waals surface area contributed by atoms with Gasteiger partial charge >= 0.3 is 12.0 Å². The smallest absolute Gasteiger partial charge is 0.327 e. The lowest BCUT2D eigenvalue weighted by Crippen LogP contribution is -2.45. The molecule has 1 aliphatic rings. The molecule has 0 bridgehead atoms. The first-order chi connectivity index (χ1) is 9.35. The van der Waals surface area contributed by atoms with Gasteiger partial charge in [-0.1, -0.05) is 13.3 Å². The van der Waals surface area contributed by atoms with Gasteiger partial charge in [0.1, 0.15) is 13.1 Å². The molecule has 1 unspecified atom stereocenters. The number of aliphatic carboxylic acids is 1. The molecule has 112 valence electrons. The lowest BCUT2D eigenvalue weighted by atomic mass is 10.1. The number of nitrogens with one attached hydrogen (secondary N) is 1. The van der Waals surface area contributed by atoms with Gasteiger partial charge in [-0.25, -0.2) is 4.79 Å². The number of rotatable bonds is 7. The molecule has 1 rings (SSSR count). The molecular weight excluding hydrogens is 266 g/mol. The van der Waals surface area contributed by atoms with Crippen molar-refractivity contribution in [2.24, 2.45) is 0 Å². The quantitative estimate of drug-likeness (QED) is 0.621. The second-order valence-electron chi connectivity index (χ2n) is 4.77. The van der Waals surface area contributed by atoms with Gasteiger partial charge in [0.05, 0.1) is 6.42 Å². The van der Waals surface area contributed by atoms with E-state index < -0.39 is 29.9 Å². The molecule has 1 heterocycles. The van der Waals surface area contributed by atoms with E-state index in [-0.39, 0.29) is 19.5 Å². The van der Waals surface area contributed by atoms with Crippen LogP contribution in [0.4, 0.5) is 4.79 Å². The van der Waals surface area contributed by atoms with Crippen molar-refractivity contribution in [1.82, 2.24) is 15.1 Å². The van der Waals surface area contributed by atoms with Crippen LogP contribution in [0.1, 0.15) is 26.2 Å². The maximum atomic E-state index is 11.8. The van der Waals surface area contributed by atoms with E-state index in [4.69, 9.17) is 5.11 Å². The second-order valence-corrected chi connectivity index (χ2v) is 4.77. The molecule has 1 aliphatic heterocycles. The normalized spacial score (nSPS) is 16.5. The standard InChI is InChI=1S/C12H19N3O5/c1-3-4-8(5-11(18)19)13-9(16)6-15-10(17)7-14(2)12(15)20/h8H,3-7H2,1-2H3,(H,13,16)(H,18,19). The van der Waals surface area contributed by atoms with Crippen molar-refractivity contribution in [3.05, 3.63) is 0 Å². The van der Waals surface area contributed by atoms with Gasteiger partial charge < -0.3 is 15.3 Å². The van der Waals surface area contributed by atoms with Crippen LogP contribution in [0.25, 0.3) is 0 Å². The summed E-state index contributed by atoms with van der Waals surface area (Å²) in [4.78, 5) is 47.7. The summed E-state index contributed by atoms with van der Waals surface area (Å²) >= 11 is 0. The van der Waals surface area contributed by atoms with Gasteiger partial charge in [0.25, 0.3) is 5.91 Å². The molecule has 4 amide bonds. The van der Waals surface area contributed by atoms with Gasteiger partial charge in [-0.05, 0) is 6.42 Å². The number of nitrogens with zero attached hydrogens (tertiary/aromatic N) is 2. The minimum Gasteiger partial charge on any atom is -0.481 e. The van der Waals surface area contributed by atoms with Crippen molar-refractivity contribution in [2.75, 3.05) is 20.1 Å². The van der Waals surface area contributed by atoms with Crippen LogP contribution >= 0.6 is 0 Å². The molecule has 20 heavy (non-hydrogen) atoms. The Balaban J connectivity index is 2.55. The Morgan fingerprint density at radius 2 is 2.05 bits per heavy atom. The highest BCUT2D eigenvalue weighted by Crippen LogP contribution is 2.08. The van der Waals surface area contributed by atoms with E-state index in [1.165, 1.54) is 11.9 Å². The van der Waals surface area contributed by atoms with E-state index >= 15 is 0 Å². The van der Waals surface area contributed by atoms with Crippen molar-refractivity contribution < 1.29 is 24.3 Å². The fourth-order valence-corrected chi connectivity index (χ4v) is 2.03. The van der Waals surface area contributed by atoms with Crippen molar-refractivity contribution in [3.63, 3.8) is 0 Å². The van der Waals surface area contributed by atoms with Gasteiger partial charge in [-0.2, -0.15) is 0 Å². The number of carboxylic acid groups (broad SMARTS) is 1. The van der Waals surface area contributed by atoms with Gasteiger partial charge in [0.2, 0.25) is 5.91 Å². The Morgan fingerprint density at radius 3 is 2.50 bits per heavy atom. The van der Waals surface area contributed by atoms with Crippen LogP contribution in [-0.4, -0.2) is 64.9 Å². The zero-order valence-electron chi connectivity index (χ0n) is 11.6. The highest BCUT2D eigenvalue weighted by Gasteiger charge is 2.35. The predicted molar refractivity (Wildman–Crippen MR) is 68.8 cm³/mol. The van der Waals surface area contributed by atoms with Crippen LogP contribution in [0.3, 0.4) is 0 Å². The van der Waals surface area contributed by atoms with E-state index in [1.807, 2.05) is 6.92 Å². The Hall–Kier alpha value is -2.12. The number of carbonyl (C=O) groups excluding carboxylic acids is 3. The van der Waals surface area contributed by atoms with E-state index in [0.717, 1.165) is 11.3 Å². The van der Waals surface area contributed by atoms with Crippen molar-refractivity contribution in [2.45, 2.75) is 32.2 Å². The molecule has 2 N–H and O–H groups in total. The van der Waals surface area contributed by atoms with E-state index in [2.05, 4.69) is 5.32 Å². The molecule has 0 saturated carbocycles. The lowest BCUT2D eigenvalue weighted by Gasteiger charge is -2.18. The fraction of sp³-hybridized carbons (Fsp3) is 0.667. The third-order valence-electron chi connectivity index (χ3n) is 2.96. The number of urea groups is 1. The summed E-state index contributed by atoms with van der Waals surface area (Å²) < 4.78 is 0. The molecule has 1 atom stereocenters. The van der Waals surface area contributed by atoms with Crippen molar-refractivity contribution in [3.8, 4) is 0 Å². The number of carboxylic acids is 1. The summed E-state index contributed by atoms with van der Waals surface area (Å²) in [5.74, 6) is -1.96. The van der Waals surface area contributed by atoms with Crippen LogP contribution in [0.2, 0.25) is 0 Å². The maximum Gasteiger partial charge on any atom is 0.327 e. The van der Waals surface area contributed by atoms with Crippen molar-refractivity contribution in [1.29, 1.82) is 0 Å². The van der Waals surface area contributed by atoms with Gasteiger partial charge in [0, 0.05) is 13.1 Å². The Labute approximate surface area is 116 Å². The summed E-state index contributed by atoms with van der Waals surface area (Å²) in [6.07, 6.45) is 1.07. The lowest BCUT2D eigenvalue weighted by molar-refractivity contribution is -0.138. The molecule has 0 aromatic rings. The number of imide groups is 1. The third-order valence-corrected chi connectivity index (χ3v) is 2.96. The van der Waals surface area contributed by atoms with Gasteiger partial charge in [-0.3, -0.25) is 19.3 Å². The number of likely N-dealkylation sites (N-methyl/N-ethyl adjacent to an activating group) is 1. The van der Waals surface area contributed by atoms with E-state index in [1.54, 1.807) is 0 Å². The average molecular weight is 285 g/mol. The molecule has 0 spiro atoms. The molecule has 0 aliphatic carbocycles. The minimum atomic E-state index is -1.00. The van der Waals surface area contributed by atoms with E-state index in [0.29, 0.717) is 6.42 Å². The molecule has 8 heteroatoms. The number of hydrogen-bond donors (Lipinski definition) is 2. The largest absolute Gasteiger partial charge is 0.481 e. The maximum absolute atomic E-state index is 11.8. The predicted octanol–water partition coefficient (Wildman–Crippen LogP) is -0.360. The van der Waals surface area contributed by atoms with Crippen LogP contribution in [-0.2, 0) is 14.4 Å². The third kappa shape index (κ3) is 4.22. The second kappa shape index (κ2) is 6.88. The molecule has 8 nitrogen and oxygen atoms in total. The van der Waals surface area contributed by atoms with Gasteiger partial charge in [-0.15, -0.1) is 0 Å². The Kier molecular flexibility index (Phi) is 5.48. The summed E-state index contributed by atoms with van der Waals surface area (Å²) in [7, 11) is 1.47. The molecule has 1 fully saturated rings. The number of carbonyl (C=O) groups is 4. The zero-order chi connectivity index (χ0) is 15.3. The summed E-state index contributed by atoms with van der Waals surface area (Å²) in [6.45, 7) is 1.46. The Bertz CT molecular complexity index is 423. The van der Waals surface area contributed by atoms with Crippen LogP contribution < -0.4 is 5.32 Å². The summed E-state index contributed by atoms with van der Waals surface area (Å²) in [6, 6.07) is -1.01. The zero-order valence-corrected chi connectivity index (χ0v) is 11.6. The molecular formula is C12H19N3O5. The van der Waals surface area contributed by atoms with E-state index in [9.17, 15) is 19.2 Å². The fourth-order valence-electron chi connectivity index (χ4n) is 2.03. The van der Waals surface area contributed by atoms with Crippen LogP contribution in [0.15, 0.2) is 0 Å². The van der Waals surface area contributed by atoms with Crippen molar-refractivity contribution >= 4 is 23.8 Å². The average Bonchev–Trinajstić information content (AvgIpc) is 2.55. The highest BCUT2D eigenvalue weighted by molar-refractivity contribution is 6.04. The summed E-state index contributed by atoms with van der Waals surface area (Å²) in [5.41, 5.74) is 0.